The van der Waals surface area contributed by atoms with Gasteiger partial charge >= 0.3 is 0 Å². The molecule has 0 radical (unpaired) electrons. The quantitative estimate of drug-likeness (QED) is 0.775. The van der Waals surface area contributed by atoms with Gasteiger partial charge in [0.1, 0.15) is 11.5 Å². The summed E-state index contributed by atoms with van der Waals surface area (Å²) in [5.41, 5.74) is 9.38. The Morgan fingerprint density at radius 3 is 2.52 bits per heavy atom. The van der Waals surface area contributed by atoms with Crippen molar-refractivity contribution in [1.29, 1.82) is 0 Å². The molecule has 1 aromatic carbocycles. The molecule has 0 fully saturated rings. The number of aryl methyl sites for hydroxylation is 1. The van der Waals surface area contributed by atoms with Crippen molar-refractivity contribution in [3.63, 3.8) is 0 Å². The molecular weight excluding hydrogens is 307 g/mol. The monoisotopic (exact) mass is 318 g/mol. The number of aromatic nitrogens is 3. The van der Waals surface area contributed by atoms with Crippen LogP contribution in [-0.4, -0.2) is 14.8 Å². The molecule has 0 atom stereocenters. The Balaban J connectivity index is 2.30. The summed E-state index contributed by atoms with van der Waals surface area (Å²) in [4.78, 5) is 4.03. The van der Waals surface area contributed by atoms with E-state index < -0.39 is 0 Å². The normalized spacial score (nSPS) is 10.8. The second kappa shape index (κ2) is 5.39. The molecule has 3 aromatic rings. The summed E-state index contributed by atoms with van der Waals surface area (Å²) in [6, 6.07) is 9.22. The second-order valence-electron chi connectivity index (χ2n) is 4.57. The van der Waals surface area contributed by atoms with E-state index in [-0.39, 0.29) is 0 Å². The molecule has 0 aliphatic carbocycles. The van der Waals surface area contributed by atoms with E-state index in [0.717, 1.165) is 16.7 Å². The molecule has 0 bridgehead atoms. The van der Waals surface area contributed by atoms with Crippen molar-refractivity contribution in [2.75, 3.05) is 5.73 Å². The molecule has 0 unspecified atom stereocenters. The van der Waals surface area contributed by atoms with Crippen molar-refractivity contribution in [3.05, 3.63) is 52.8 Å². The van der Waals surface area contributed by atoms with Gasteiger partial charge in [0.25, 0.3) is 0 Å². The molecule has 21 heavy (non-hydrogen) atoms. The van der Waals surface area contributed by atoms with Crippen molar-refractivity contribution < 1.29 is 0 Å². The minimum absolute atomic E-state index is 0.465. The third-order valence-electron chi connectivity index (χ3n) is 3.27. The number of nitrogens with two attached hydrogens (primary N) is 1. The summed E-state index contributed by atoms with van der Waals surface area (Å²) in [5, 5.41) is 5.44. The fourth-order valence-electron chi connectivity index (χ4n) is 2.22. The predicted octanol–water partition coefficient (Wildman–Crippen LogP) is 4.04. The predicted molar refractivity (Wildman–Crippen MR) is 86.3 cm³/mol. The van der Waals surface area contributed by atoms with Crippen molar-refractivity contribution in [3.8, 4) is 22.4 Å². The lowest BCUT2D eigenvalue weighted by molar-refractivity contribution is 0.782. The number of pyridine rings is 1. The number of hydrogen-bond donors (Lipinski definition) is 1. The Labute approximate surface area is 132 Å². The van der Waals surface area contributed by atoms with Crippen LogP contribution in [-0.2, 0) is 7.05 Å². The fourth-order valence-corrected chi connectivity index (χ4v) is 2.61. The van der Waals surface area contributed by atoms with E-state index in [2.05, 4.69) is 10.1 Å². The lowest BCUT2D eigenvalue weighted by Crippen LogP contribution is -1.97. The van der Waals surface area contributed by atoms with Gasteiger partial charge in [-0.3, -0.25) is 9.67 Å². The third-order valence-corrected chi connectivity index (χ3v) is 4.09. The summed E-state index contributed by atoms with van der Waals surface area (Å²) >= 11 is 12.4. The number of hydrogen-bond acceptors (Lipinski definition) is 3. The SMILES string of the molecule is Cn1nc(-c2cccc(Cl)c2Cl)c(-c2ccncc2)c1N. The first kappa shape index (κ1) is 13.9. The number of benzene rings is 1. The van der Waals surface area contributed by atoms with Gasteiger partial charge in [-0.15, -0.1) is 0 Å². The molecular formula is C15H12Cl2N4. The number of anilines is 1. The van der Waals surface area contributed by atoms with Crippen molar-refractivity contribution in [1.82, 2.24) is 14.8 Å². The van der Waals surface area contributed by atoms with E-state index in [1.165, 1.54) is 0 Å². The maximum atomic E-state index is 6.31. The van der Waals surface area contributed by atoms with Crippen LogP contribution in [0, 0.1) is 0 Å². The van der Waals surface area contributed by atoms with Crippen LogP contribution >= 0.6 is 23.2 Å². The topological polar surface area (TPSA) is 56.7 Å². The van der Waals surface area contributed by atoms with Crippen LogP contribution in [0.2, 0.25) is 10.0 Å². The van der Waals surface area contributed by atoms with Gasteiger partial charge in [0.15, 0.2) is 0 Å². The molecule has 0 spiro atoms. The average Bonchev–Trinajstić information content (AvgIpc) is 2.78. The molecule has 2 heterocycles. The molecule has 3 rings (SSSR count). The molecule has 0 saturated heterocycles. The zero-order valence-electron chi connectivity index (χ0n) is 11.2. The minimum Gasteiger partial charge on any atom is -0.383 e. The highest BCUT2D eigenvalue weighted by atomic mass is 35.5. The lowest BCUT2D eigenvalue weighted by Gasteiger charge is -2.06. The zero-order valence-corrected chi connectivity index (χ0v) is 12.7. The summed E-state index contributed by atoms with van der Waals surface area (Å²) in [7, 11) is 1.79. The summed E-state index contributed by atoms with van der Waals surface area (Å²) < 4.78 is 1.63. The second-order valence-corrected chi connectivity index (χ2v) is 5.35. The first-order chi connectivity index (χ1) is 10.1. The molecule has 6 heteroatoms. The largest absolute Gasteiger partial charge is 0.383 e. The highest BCUT2D eigenvalue weighted by molar-refractivity contribution is 6.43. The molecule has 106 valence electrons. The molecule has 0 aliphatic rings. The maximum absolute atomic E-state index is 6.31. The van der Waals surface area contributed by atoms with E-state index in [0.29, 0.717) is 21.6 Å². The van der Waals surface area contributed by atoms with Crippen LogP contribution in [0.5, 0.6) is 0 Å². The Morgan fingerprint density at radius 1 is 1.10 bits per heavy atom. The van der Waals surface area contributed by atoms with Gasteiger partial charge in [0, 0.05) is 25.0 Å². The minimum atomic E-state index is 0.465. The molecule has 0 amide bonds. The van der Waals surface area contributed by atoms with E-state index >= 15 is 0 Å². The van der Waals surface area contributed by atoms with Crippen LogP contribution in [0.15, 0.2) is 42.7 Å². The first-order valence-electron chi connectivity index (χ1n) is 6.27. The maximum Gasteiger partial charge on any atom is 0.129 e. The Bertz CT molecular complexity index is 797. The van der Waals surface area contributed by atoms with E-state index in [4.69, 9.17) is 28.9 Å². The first-order valence-corrected chi connectivity index (χ1v) is 7.02. The number of nitrogens with zero attached hydrogens (tertiary/aromatic N) is 3. The highest BCUT2D eigenvalue weighted by Crippen LogP contribution is 2.40. The molecule has 4 nitrogen and oxygen atoms in total. The van der Waals surface area contributed by atoms with Gasteiger partial charge in [-0.1, -0.05) is 35.3 Å². The highest BCUT2D eigenvalue weighted by Gasteiger charge is 2.19. The van der Waals surface area contributed by atoms with Crippen LogP contribution in [0.25, 0.3) is 22.4 Å². The van der Waals surface area contributed by atoms with E-state index in [1.807, 2.05) is 24.3 Å². The van der Waals surface area contributed by atoms with E-state index in [9.17, 15) is 0 Å². The molecule has 2 N–H and O–H groups in total. The van der Waals surface area contributed by atoms with Crippen LogP contribution in [0.3, 0.4) is 0 Å². The van der Waals surface area contributed by atoms with Crippen LogP contribution in [0.1, 0.15) is 0 Å². The summed E-state index contributed by atoms with van der Waals surface area (Å²) in [5.74, 6) is 0.562. The number of rotatable bonds is 2. The average molecular weight is 319 g/mol. The molecule has 2 aromatic heterocycles. The van der Waals surface area contributed by atoms with E-state index in [1.54, 1.807) is 30.2 Å². The standard InChI is InChI=1S/C15H12Cl2N4/c1-21-15(18)12(9-5-7-19-8-6-9)14(20-21)10-3-2-4-11(16)13(10)17/h2-8H,18H2,1H3. The summed E-state index contributed by atoms with van der Waals surface area (Å²) in [6.45, 7) is 0. The van der Waals surface area contributed by atoms with Crippen LogP contribution < -0.4 is 5.73 Å². The van der Waals surface area contributed by atoms with Gasteiger partial charge in [-0.2, -0.15) is 5.10 Å². The zero-order chi connectivity index (χ0) is 15.0. The third kappa shape index (κ3) is 2.37. The molecule has 0 saturated carbocycles. The smallest absolute Gasteiger partial charge is 0.129 e. The van der Waals surface area contributed by atoms with Crippen molar-refractivity contribution in [2.45, 2.75) is 0 Å². The fraction of sp³-hybridized carbons (Fsp3) is 0.0667. The van der Waals surface area contributed by atoms with Gasteiger partial charge in [-0.05, 0) is 23.8 Å². The van der Waals surface area contributed by atoms with Gasteiger partial charge in [-0.25, -0.2) is 0 Å². The number of nitrogen functional groups attached to an aromatic ring is 1. The van der Waals surface area contributed by atoms with Crippen molar-refractivity contribution in [2.24, 2.45) is 7.05 Å². The number of halogens is 2. The van der Waals surface area contributed by atoms with Crippen molar-refractivity contribution >= 4 is 29.0 Å². The van der Waals surface area contributed by atoms with Gasteiger partial charge < -0.3 is 5.73 Å². The Kier molecular flexibility index (Phi) is 3.57. The Hall–Kier alpha value is -2.04. The van der Waals surface area contributed by atoms with Gasteiger partial charge in [0.2, 0.25) is 0 Å². The summed E-state index contributed by atoms with van der Waals surface area (Å²) in [6.07, 6.45) is 3.43. The molecule has 0 aliphatic heterocycles. The van der Waals surface area contributed by atoms with Gasteiger partial charge in [0.05, 0.1) is 15.6 Å². The Morgan fingerprint density at radius 2 is 1.81 bits per heavy atom. The van der Waals surface area contributed by atoms with Crippen LogP contribution in [0.4, 0.5) is 5.82 Å². The lowest BCUT2D eigenvalue weighted by atomic mass is 10.0.